The predicted octanol–water partition coefficient (Wildman–Crippen LogP) is 2.28. The highest BCUT2D eigenvalue weighted by Gasteiger charge is 2.04. The van der Waals surface area contributed by atoms with Gasteiger partial charge in [-0.2, -0.15) is 0 Å². The van der Waals surface area contributed by atoms with E-state index in [1.807, 2.05) is 6.07 Å². The lowest BCUT2D eigenvalue weighted by molar-refractivity contribution is 0.315. The second kappa shape index (κ2) is 5.60. The van der Waals surface area contributed by atoms with Crippen LogP contribution < -0.4 is 10.5 Å². The van der Waals surface area contributed by atoms with Crippen molar-refractivity contribution in [1.82, 2.24) is 4.98 Å². The van der Waals surface area contributed by atoms with Gasteiger partial charge in [-0.25, -0.2) is 0 Å². The van der Waals surface area contributed by atoms with Crippen molar-refractivity contribution in [2.24, 2.45) is 5.73 Å². The van der Waals surface area contributed by atoms with Crippen molar-refractivity contribution in [3.63, 3.8) is 0 Å². The molecule has 0 saturated heterocycles. The lowest BCUT2D eigenvalue weighted by Crippen LogP contribution is -2.09. The molecule has 0 aliphatic heterocycles. The summed E-state index contributed by atoms with van der Waals surface area (Å²) in [7, 11) is 0. The molecule has 14 heavy (non-hydrogen) atoms. The summed E-state index contributed by atoms with van der Waals surface area (Å²) in [6.45, 7) is 4.87. The zero-order valence-electron chi connectivity index (χ0n) is 8.86. The Morgan fingerprint density at radius 2 is 2.21 bits per heavy atom. The molecular formula is C11H18N2O. The maximum Gasteiger partial charge on any atom is 0.137 e. The Morgan fingerprint density at radius 1 is 1.43 bits per heavy atom. The quantitative estimate of drug-likeness (QED) is 0.782. The predicted molar refractivity (Wildman–Crippen MR) is 57.2 cm³/mol. The molecule has 1 aromatic rings. The molecule has 2 N–H and O–H groups in total. The Balaban J connectivity index is 2.68. The summed E-state index contributed by atoms with van der Waals surface area (Å²) in [6.07, 6.45) is 5.44. The molecule has 3 nitrogen and oxygen atoms in total. The standard InChI is InChI=1S/C11H18N2O/c1-3-5-14-10-6-9(7-13-8-10)11(12)4-2/h6-8,11H,3-5,12H2,1-2H3. The van der Waals surface area contributed by atoms with Gasteiger partial charge in [0.05, 0.1) is 12.8 Å². The van der Waals surface area contributed by atoms with Crippen LogP contribution in [0.2, 0.25) is 0 Å². The highest BCUT2D eigenvalue weighted by Crippen LogP contribution is 2.18. The van der Waals surface area contributed by atoms with Crippen LogP contribution in [0.15, 0.2) is 18.5 Å². The minimum absolute atomic E-state index is 0.0627. The van der Waals surface area contributed by atoms with Gasteiger partial charge in [-0.15, -0.1) is 0 Å². The van der Waals surface area contributed by atoms with Gasteiger partial charge >= 0.3 is 0 Å². The van der Waals surface area contributed by atoms with Gasteiger partial charge < -0.3 is 10.5 Å². The van der Waals surface area contributed by atoms with E-state index in [-0.39, 0.29) is 6.04 Å². The smallest absolute Gasteiger partial charge is 0.137 e. The monoisotopic (exact) mass is 194 g/mol. The number of ether oxygens (including phenoxy) is 1. The normalized spacial score (nSPS) is 12.5. The van der Waals surface area contributed by atoms with Crippen molar-refractivity contribution < 1.29 is 4.74 Å². The lowest BCUT2D eigenvalue weighted by atomic mass is 10.1. The molecule has 0 aromatic carbocycles. The molecule has 1 rings (SSSR count). The fourth-order valence-electron chi connectivity index (χ4n) is 1.17. The first kappa shape index (κ1) is 11.0. The molecule has 1 atom stereocenters. The number of hydrogen-bond acceptors (Lipinski definition) is 3. The Morgan fingerprint density at radius 3 is 2.86 bits per heavy atom. The maximum atomic E-state index is 5.90. The molecule has 0 spiro atoms. The minimum atomic E-state index is 0.0627. The van der Waals surface area contributed by atoms with Crippen molar-refractivity contribution in [2.45, 2.75) is 32.7 Å². The first-order valence-electron chi connectivity index (χ1n) is 5.11. The summed E-state index contributed by atoms with van der Waals surface area (Å²) >= 11 is 0. The Labute approximate surface area is 85.3 Å². The first-order valence-corrected chi connectivity index (χ1v) is 5.11. The number of nitrogens with zero attached hydrogens (tertiary/aromatic N) is 1. The molecule has 1 heterocycles. The SMILES string of the molecule is CCCOc1cncc(C(N)CC)c1. The number of nitrogens with two attached hydrogens (primary N) is 1. The summed E-state index contributed by atoms with van der Waals surface area (Å²) in [5, 5.41) is 0. The molecule has 0 bridgehead atoms. The summed E-state index contributed by atoms with van der Waals surface area (Å²) in [6, 6.07) is 2.03. The van der Waals surface area contributed by atoms with E-state index in [0.29, 0.717) is 0 Å². The van der Waals surface area contributed by atoms with Crippen LogP contribution in [0, 0.1) is 0 Å². The highest BCUT2D eigenvalue weighted by atomic mass is 16.5. The van der Waals surface area contributed by atoms with Crippen LogP contribution in [0.1, 0.15) is 38.3 Å². The Kier molecular flexibility index (Phi) is 4.40. The van der Waals surface area contributed by atoms with Crippen LogP contribution in [0.3, 0.4) is 0 Å². The van der Waals surface area contributed by atoms with Crippen molar-refractivity contribution in [3.8, 4) is 5.75 Å². The summed E-state index contributed by atoms with van der Waals surface area (Å²) in [5.41, 5.74) is 6.94. The zero-order chi connectivity index (χ0) is 10.4. The topological polar surface area (TPSA) is 48.1 Å². The van der Waals surface area contributed by atoms with Crippen LogP contribution >= 0.6 is 0 Å². The van der Waals surface area contributed by atoms with Crippen molar-refractivity contribution in [2.75, 3.05) is 6.61 Å². The molecule has 3 heteroatoms. The largest absolute Gasteiger partial charge is 0.492 e. The van der Waals surface area contributed by atoms with Crippen molar-refractivity contribution >= 4 is 0 Å². The average molecular weight is 194 g/mol. The molecule has 0 radical (unpaired) electrons. The summed E-state index contributed by atoms with van der Waals surface area (Å²) < 4.78 is 5.47. The summed E-state index contributed by atoms with van der Waals surface area (Å²) in [5.74, 6) is 0.813. The highest BCUT2D eigenvalue weighted by molar-refractivity contribution is 5.25. The molecule has 78 valence electrons. The van der Waals surface area contributed by atoms with E-state index in [1.54, 1.807) is 12.4 Å². The van der Waals surface area contributed by atoms with E-state index < -0.39 is 0 Å². The Bertz CT molecular complexity index is 276. The van der Waals surface area contributed by atoms with Crippen molar-refractivity contribution in [1.29, 1.82) is 0 Å². The fraction of sp³-hybridized carbons (Fsp3) is 0.545. The minimum Gasteiger partial charge on any atom is -0.492 e. The molecule has 1 aromatic heterocycles. The van der Waals surface area contributed by atoms with Crippen LogP contribution in [0.25, 0.3) is 0 Å². The molecule has 0 fully saturated rings. The van der Waals surface area contributed by atoms with Crippen LogP contribution in [0.5, 0.6) is 5.75 Å². The third-order valence-electron chi connectivity index (χ3n) is 2.08. The van der Waals surface area contributed by atoms with E-state index in [0.717, 1.165) is 30.8 Å². The molecular weight excluding hydrogens is 176 g/mol. The van der Waals surface area contributed by atoms with Gasteiger partial charge in [0.15, 0.2) is 0 Å². The molecule has 0 saturated carbocycles. The van der Waals surface area contributed by atoms with Gasteiger partial charge in [0.25, 0.3) is 0 Å². The molecule has 0 aliphatic rings. The molecule has 0 aliphatic carbocycles. The van der Waals surface area contributed by atoms with Crippen molar-refractivity contribution in [3.05, 3.63) is 24.0 Å². The summed E-state index contributed by atoms with van der Waals surface area (Å²) in [4.78, 5) is 4.10. The zero-order valence-corrected chi connectivity index (χ0v) is 8.86. The second-order valence-corrected chi connectivity index (χ2v) is 3.32. The van der Waals surface area contributed by atoms with E-state index in [2.05, 4.69) is 18.8 Å². The lowest BCUT2D eigenvalue weighted by Gasteiger charge is -2.10. The maximum absolute atomic E-state index is 5.90. The second-order valence-electron chi connectivity index (χ2n) is 3.32. The van der Waals surface area contributed by atoms with Crippen LogP contribution in [-0.2, 0) is 0 Å². The average Bonchev–Trinajstić information content (AvgIpc) is 2.25. The van der Waals surface area contributed by atoms with E-state index in [9.17, 15) is 0 Å². The fourth-order valence-corrected chi connectivity index (χ4v) is 1.17. The van der Waals surface area contributed by atoms with Crippen LogP contribution in [0.4, 0.5) is 0 Å². The van der Waals surface area contributed by atoms with Gasteiger partial charge in [0.2, 0.25) is 0 Å². The van der Waals surface area contributed by atoms with Gasteiger partial charge in [-0.05, 0) is 24.5 Å². The van der Waals surface area contributed by atoms with Gasteiger partial charge in [-0.3, -0.25) is 4.98 Å². The van der Waals surface area contributed by atoms with Gasteiger partial charge in [0.1, 0.15) is 5.75 Å². The number of hydrogen-bond donors (Lipinski definition) is 1. The number of pyridine rings is 1. The van der Waals surface area contributed by atoms with Crippen LogP contribution in [-0.4, -0.2) is 11.6 Å². The third-order valence-corrected chi connectivity index (χ3v) is 2.08. The van der Waals surface area contributed by atoms with Gasteiger partial charge in [0, 0.05) is 12.2 Å². The van der Waals surface area contributed by atoms with Gasteiger partial charge in [-0.1, -0.05) is 13.8 Å². The third kappa shape index (κ3) is 3.00. The molecule has 0 amide bonds. The number of aromatic nitrogens is 1. The first-order chi connectivity index (χ1) is 6.77. The van der Waals surface area contributed by atoms with E-state index in [4.69, 9.17) is 10.5 Å². The number of rotatable bonds is 5. The van der Waals surface area contributed by atoms with E-state index in [1.165, 1.54) is 0 Å². The van der Waals surface area contributed by atoms with E-state index >= 15 is 0 Å². The molecule has 1 unspecified atom stereocenters. The Hall–Kier alpha value is -1.09.